The van der Waals surface area contributed by atoms with E-state index in [0.717, 1.165) is 6.42 Å². The zero-order valence-corrected chi connectivity index (χ0v) is 14.8. The van der Waals surface area contributed by atoms with Crippen LogP contribution in [-0.2, 0) is 4.79 Å². The molecule has 1 aromatic heterocycles. The summed E-state index contributed by atoms with van der Waals surface area (Å²) >= 11 is 0. The Kier molecular flexibility index (Phi) is 6.00. The first-order chi connectivity index (χ1) is 13.1. The van der Waals surface area contributed by atoms with Crippen LogP contribution in [0.15, 0.2) is 36.7 Å². The van der Waals surface area contributed by atoms with Crippen molar-refractivity contribution in [2.24, 2.45) is 0 Å². The second-order valence-electron chi connectivity index (χ2n) is 5.88. The lowest BCUT2D eigenvalue weighted by atomic mass is 10.0. The molecular weight excluding hydrogens is 358 g/mol. The van der Waals surface area contributed by atoms with Crippen LogP contribution in [-0.4, -0.2) is 41.7 Å². The number of amides is 1. The lowest BCUT2D eigenvalue weighted by Crippen LogP contribution is -2.47. The Morgan fingerprint density at radius 3 is 2.78 bits per heavy atom. The molecule has 27 heavy (non-hydrogen) atoms. The van der Waals surface area contributed by atoms with E-state index >= 15 is 0 Å². The molecule has 1 saturated heterocycles. The van der Waals surface area contributed by atoms with Crippen molar-refractivity contribution in [2.45, 2.75) is 32.4 Å². The number of anilines is 2. The Bertz CT molecular complexity index is 773. The maximum absolute atomic E-state index is 12.8. The number of carbonyl (C=O) groups is 1. The average Bonchev–Trinajstić information content (AvgIpc) is 2.64. The normalized spacial score (nSPS) is 17.1. The van der Waals surface area contributed by atoms with Gasteiger partial charge in [-0.2, -0.15) is 8.78 Å². The summed E-state index contributed by atoms with van der Waals surface area (Å²) in [5, 5.41) is 3.12. The molecule has 1 aromatic carbocycles. The van der Waals surface area contributed by atoms with Crippen LogP contribution < -0.4 is 19.7 Å². The Balaban J connectivity index is 1.69. The first-order valence-electron chi connectivity index (χ1n) is 8.64. The summed E-state index contributed by atoms with van der Waals surface area (Å²) in [7, 11) is 0. The van der Waals surface area contributed by atoms with Gasteiger partial charge in [0.25, 0.3) is 0 Å². The highest BCUT2D eigenvalue weighted by atomic mass is 19.3. The summed E-state index contributed by atoms with van der Waals surface area (Å²) < 4.78 is 34.2. The summed E-state index contributed by atoms with van der Waals surface area (Å²) in [4.78, 5) is 22.6. The largest absolute Gasteiger partial charge is 0.478 e. The smallest absolute Gasteiger partial charge is 0.387 e. The van der Waals surface area contributed by atoms with Crippen molar-refractivity contribution in [3.05, 3.63) is 36.7 Å². The number of hydrogen-bond acceptors (Lipinski definition) is 6. The fourth-order valence-corrected chi connectivity index (χ4v) is 2.90. The lowest BCUT2D eigenvalue weighted by Gasteiger charge is -2.33. The fraction of sp³-hybridized carbons (Fsp3) is 0.389. The number of rotatable bonds is 7. The topological polar surface area (TPSA) is 76.6 Å². The summed E-state index contributed by atoms with van der Waals surface area (Å²) in [5.74, 6) is 0.886. The van der Waals surface area contributed by atoms with Gasteiger partial charge in [0.2, 0.25) is 11.8 Å². The number of hydrogen-bond donors (Lipinski definition) is 1. The predicted octanol–water partition coefficient (Wildman–Crippen LogP) is 3.08. The molecule has 0 saturated carbocycles. The molecule has 144 valence electrons. The number of halogens is 2. The van der Waals surface area contributed by atoms with E-state index in [1.54, 1.807) is 23.1 Å². The SMILES string of the molecule is CCOc1cc(NC2CCCN(c3ccc(OC(F)F)cc3)C2=O)ncn1. The second-order valence-corrected chi connectivity index (χ2v) is 5.88. The van der Waals surface area contributed by atoms with Crippen molar-refractivity contribution in [3.63, 3.8) is 0 Å². The molecule has 1 aliphatic heterocycles. The molecule has 3 rings (SSSR count). The van der Waals surface area contributed by atoms with Gasteiger partial charge in [-0.25, -0.2) is 9.97 Å². The second kappa shape index (κ2) is 8.61. The number of nitrogens with zero attached hydrogens (tertiary/aromatic N) is 3. The molecule has 1 N–H and O–H groups in total. The van der Waals surface area contributed by atoms with E-state index in [2.05, 4.69) is 20.0 Å². The summed E-state index contributed by atoms with van der Waals surface area (Å²) in [6.45, 7) is 0.0169. The monoisotopic (exact) mass is 378 g/mol. The molecule has 9 heteroatoms. The minimum atomic E-state index is -2.88. The van der Waals surface area contributed by atoms with Gasteiger partial charge in [-0.3, -0.25) is 4.79 Å². The Hall–Kier alpha value is -2.97. The van der Waals surface area contributed by atoms with Gasteiger partial charge in [-0.1, -0.05) is 0 Å². The van der Waals surface area contributed by atoms with Crippen molar-refractivity contribution in [2.75, 3.05) is 23.4 Å². The molecule has 1 amide bonds. The molecule has 1 atom stereocenters. The molecule has 2 heterocycles. The number of carbonyl (C=O) groups excluding carboxylic acids is 1. The highest BCUT2D eigenvalue weighted by Gasteiger charge is 2.30. The van der Waals surface area contributed by atoms with Gasteiger partial charge in [0.05, 0.1) is 6.61 Å². The van der Waals surface area contributed by atoms with Gasteiger partial charge in [-0.05, 0) is 44.0 Å². The molecule has 1 fully saturated rings. The van der Waals surface area contributed by atoms with Crippen LogP contribution in [0.4, 0.5) is 20.3 Å². The third-order valence-corrected chi connectivity index (χ3v) is 4.07. The first-order valence-corrected chi connectivity index (χ1v) is 8.64. The van der Waals surface area contributed by atoms with Crippen LogP contribution in [0.3, 0.4) is 0 Å². The van der Waals surface area contributed by atoms with Gasteiger partial charge in [0, 0.05) is 18.3 Å². The highest BCUT2D eigenvalue weighted by Crippen LogP contribution is 2.26. The molecule has 0 radical (unpaired) electrons. The maximum atomic E-state index is 12.8. The van der Waals surface area contributed by atoms with E-state index in [1.165, 1.54) is 18.5 Å². The van der Waals surface area contributed by atoms with Gasteiger partial charge >= 0.3 is 6.61 Å². The molecule has 0 aliphatic carbocycles. The number of ether oxygens (including phenoxy) is 2. The minimum Gasteiger partial charge on any atom is -0.478 e. The molecule has 0 spiro atoms. The van der Waals surface area contributed by atoms with Gasteiger partial charge in [0.15, 0.2) is 0 Å². The molecular formula is C18H20F2N4O3. The van der Waals surface area contributed by atoms with E-state index in [1.807, 2.05) is 6.92 Å². The van der Waals surface area contributed by atoms with Crippen LogP contribution in [0, 0.1) is 0 Å². The van der Waals surface area contributed by atoms with Crippen molar-refractivity contribution in [1.29, 1.82) is 0 Å². The molecule has 1 unspecified atom stereocenters. The minimum absolute atomic E-state index is 0.0531. The standard InChI is InChI=1S/C18H20F2N4O3/c1-2-26-16-10-15(21-11-22-16)23-14-4-3-9-24(17(14)25)12-5-7-13(8-6-12)27-18(19)20/h5-8,10-11,14,18H,2-4,9H2,1H3,(H,21,22,23). The predicted molar refractivity (Wildman–Crippen MR) is 95.3 cm³/mol. The van der Waals surface area contributed by atoms with E-state index in [-0.39, 0.29) is 11.7 Å². The van der Waals surface area contributed by atoms with Crippen LogP contribution in [0.25, 0.3) is 0 Å². The number of piperidine rings is 1. The first kappa shape index (κ1) is 18.8. The third kappa shape index (κ3) is 4.81. The van der Waals surface area contributed by atoms with E-state index < -0.39 is 12.7 Å². The third-order valence-electron chi connectivity index (χ3n) is 4.07. The maximum Gasteiger partial charge on any atom is 0.387 e. The van der Waals surface area contributed by atoms with Crippen LogP contribution in [0.2, 0.25) is 0 Å². The van der Waals surface area contributed by atoms with Crippen molar-refractivity contribution < 1.29 is 23.0 Å². The van der Waals surface area contributed by atoms with Crippen LogP contribution >= 0.6 is 0 Å². The summed E-state index contributed by atoms with van der Waals surface area (Å²) in [6, 6.07) is 7.23. The molecule has 7 nitrogen and oxygen atoms in total. The highest BCUT2D eigenvalue weighted by molar-refractivity contribution is 5.99. The van der Waals surface area contributed by atoms with E-state index in [9.17, 15) is 13.6 Å². The quantitative estimate of drug-likeness (QED) is 0.798. The van der Waals surface area contributed by atoms with Gasteiger partial charge < -0.3 is 19.7 Å². The summed E-state index contributed by atoms with van der Waals surface area (Å²) in [6.07, 6.45) is 2.83. The Labute approximate surface area is 155 Å². The molecule has 0 bridgehead atoms. The number of aromatic nitrogens is 2. The van der Waals surface area contributed by atoms with E-state index in [0.29, 0.717) is 37.0 Å². The average molecular weight is 378 g/mol. The Morgan fingerprint density at radius 1 is 1.30 bits per heavy atom. The number of nitrogens with one attached hydrogen (secondary N) is 1. The Morgan fingerprint density at radius 2 is 2.07 bits per heavy atom. The number of benzene rings is 1. The van der Waals surface area contributed by atoms with Crippen LogP contribution in [0.5, 0.6) is 11.6 Å². The molecule has 1 aliphatic rings. The van der Waals surface area contributed by atoms with Gasteiger partial charge in [-0.15, -0.1) is 0 Å². The van der Waals surface area contributed by atoms with Crippen molar-refractivity contribution >= 4 is 17.4 Å². The molecule has 2 aromatic rings. The van der Waals surface area contributed by atoms with Crippen LogP contribution in [0.1, 0.15) is 19.8 Å². The van der Waals surface area contributed by atoms with Crippen molar-refractivity contribution in [1.82, 2.24) is 9.97 Å². The fourth-order valence-electron chi connectivity index (χ4n) is 2.90. The summed E-state index contributed by atoms with van der Waals surface area (Å²) in [5.41, 5.74) is 0.630. The lowest BCUT2D eigenvalue weighted by molar-refractivity contribution is -0.120. The zero-order valence-electron chi connectivity index (χ0n) is 14.8. The van der Waals surface area contributed by atoms with Crippen molar-refractivity contribution in [3.8, 4) is 11.6 Å². The van der Waals surface area contributed by atoms with E-state index in [4.69, 9.17) is 4.74 Å². The van der Waals surface area contributed by atoms with Gasteiger partial charge in [0.1, 0.15) is 23.9 Å². The zero-order chi connectivity index (χ0) is 19.2. The number of alkyl halides is 2.